The van der Waals surface area contributed by atoms with E-state index < -0.39 is 58.1 Å². The molecule has 4 N–H and O–H groups in total. The van der Waals surface area contributed by atoms with E-state index in [1.165, 1.54) is 10.9 Å². The molecule has 40 heavy (non-hydrogen) atoms. The van der Waals surface area contributed by atoms with E-state index in [2.05, 4.69) is 25.4 Å². The molecule has 4 aromatic rings. The summed E-state index contributed by atoms with van der Waals surface area (Å²) < 4.78 is 94.4. The second-order valence-electron chi connectivity index (χ2n) is 8.75. The van der Waals surface area contributed by atoms with E-state index in [9.17, 15) is 40.3 Å². The summed E-state index contributed by atoms with van der Waals surface area (Å²) in [6.07, 6.45) is -6.44. The van der Waals surface area contributed by atoms with Crippen LogP contribution in [0.2, 0.25) is 0 Å². The van der Waals surface area contributed by atoms with Crippen molar-refractivity contribution in [3.05, 3.63) is 68.6 Å². The number of nitrogens with one attached hydrogen (secondary N) is 2. The lowest BCUT2D eigenvalue weighted by Gasteiger charge is -2.18. The number of H-pyrrole nitrogens is 1. The summed E-state index contributed by atoms with van der Waals surface area (Å²) in [5, 5.41) is 7.61. The van der Waals surface area contributed by atoms with Crippen LogP contribution in [0.3, 0.4) is 0 Å². The molecule has 0 bridgehead atoms. The molecule has 0 fully saturated rings. The molecule has 1 atom stereocenters. The number of nitrogens with zero attached hydrogens (tertiary/aromatic N) is 5. The van der Waals surface area contributed by atoms with Crippen LogP contribution in [0.4, 0.5) is 42.2 Å². The molecule has 0 spiro atoms. The van der Waals surface area contributed by atoms with Gasteiger partial charge in [0.2, 0.25) is 0 Å². The normalized spacial score (nSPS) is 13.0. The van der Waals surface area contributed by atoms with Crippen LogP contribution in [0.5, 0.6) is 0 Å². The van der Waals surface area contributed by atoms with Crippen LogP contribution in [0, 0.1) is 5.82 Å². The highest BCUT2D eigenvalue weighted by atomic mass is 19.4. The summed E-state index contributed by atoms with van der Waals surface area (Å²) in [7, 11) is 0. The molecular weight excluding hydrogens is 553 g/mol. The lowest BCUT2D eigenvalue weighted by atomic mass is 10.1. The van der Waals surface area contributed by atoms with Gasteiger partial charge in [-0.2, -0.15) is 31.4 Å². The van der Waals surface area contributed by atoms with Gasteiger partial charge in [0.15, 0.2) is 11.5 Å². The lowest BCUT2D eigenvalue weighted by Crippen LogP contribution is -2.27. The first-order valence-corrected chi connectivity index (χ1v) is 11.5. The second-order valence-corrected chi connectivity index (χ2v) is 8.75. The van der Waals surface area contributed by atoms with Crippen molar-refractivity contribution in [3.63, 3.8) is 0 Å². The van der Waals surface area contributed by atoms with Crippen LogP contribution in [-0.2, 0) is 18.9 Å². The van der Waals surface area contributed by atoms with Gasteiger partial charge in [0.25, 0.3) is 11.1 Å². The Kier molecular flexibility index (Phi) is 7.49. The minimum Gasteiger partial charge on any atom is -0.382 e. The number of hydrogen-bond donors (Lipinski definition) is 3. The van der Waals surface area contributed by atoms with Crippen molar-refractivity contribution in [1.82, 2.24) is 29.7 Å². The number of halogens is 7. The number of nitrogen functional groups attached to an aromatic ring is 1. The maximum Gasteiger partial charge on any atom is 0.437 e. The number of aromatic nitrogens is 6. The third-order valence-electron chi connectivity index (χ3n) is 5.83. The summed E-state index contributed by atoms with van der Waals surface area (Å²) in [5.41, 5.74) is -0.500. The van der Waals surface area contributed by atoms with Crippen molar-refractivity contribution in [2.45, 2.75) is 44.7 Å². The molecule has 10 nitrogen and oxygen atoms in total. The molecule has 0 aliphatic heterocycles. The average molecular weight is 572 g/mol. The first kappa shape index (κ1) is 28.4. The Labute approximate surface area is 219 Å². The van der Waals surface area contributed by atoms with Crippen molar-refractivity contribution >= 4 is 22.4 Å². The molecule has 3 aromatic heterocycles. The number of fused-ring (bicyclic) bond motifs is 1. The van der Waals surface area contributed by atoms with E-state index in [1.807, 2.05) is 0 Å². The second kappa shape index (κ2) is 10.5. The van der Waals surface area contributed by atoms with Crippen LogP contribution in [0.1, 0.15) is 31.0 Å². The maximum atomic E-state index is 14.9. The number of nitrogens with two attached hydrogens (primary N) is 1. The standard InChI is InChI=1S/C23H19F7N8O2/c1-10(35-16-8-34-37-20(39)17(16)22(25,26)27)3-2-4-38-9-33-14-6-11(13(24)5-12(14)21(38)40)15-7-32-18(19(31)36-15)23(28,29)30/h5-10H,2-4H2,1H3,(H2,31,36)(H2,35,37,39). The van der Waals surface area contributed by atoms with Gasteiger partial charge in [-0.05, 0) is 31.9 Å². The molecule has 0 aliphatic carbocycles. The van der Waals surface area contributed by atoms with Gasteiger partial charge in [-0.15, -0.1) is 0 Å². The SMILES string of the molecule is CC(CCCn1cnc2cc(-c3cnc(C(F)(F)F)c(N)n3)c(F)cc2c1=O)Nc1cn[nH]c(=O)c1C(F)(F)F. The molecule has 1 unspecified atom stereocenters. The molecule has 0 amide bonds. The van der Waals surface area contributed by atoms with Crippen LogP contribution in [-0.4, -0.2) is 35.8 Å². The topological polar surface area (TPSA) is 144 Å². The molecule has 0 saturated heterocycles. The molecule has 4 rings (SSSR count). The number of rotatable bonds is 7. The number of anilines is 2. The number of aromatic amines is 1. The Balaban J connectivity index is 1.50. The summed E-state index contributed by atoms with van der Waals surface area (Å²) in [6.45, 7) is 1.66. The van der Waals surface area contributed by atoms with E-state index in [4.69, 9.17) is 5.73 Å². The highest BCUT2D eigenvalue weighted by Crippen LogP contribution is 2.33. The first-order chi connectivity index (χ1) is 18.7. The van der Waals surface area contributed by atoms with E-state index in [0.717, 1.165) is 18.3 Å². The fraction of sp³-hybridized carbons (Fsp3) is 0.304. The predicted octanol–water partition coefficient (Wildman–Crippen LogP) is 3.98. The highest BCUT2D eigenvalue weighted by Gasteiger charge is 2.38. The van der Waals surface area contributed by atoms with Crippen LogP contribution in [0.15, 0.2) is 40.4 Å². The van der Waals surface area contributed by atoms with Gasteiger partial charge in [-0.25, -0.2) is 24.4 Å². The van der Waals surface area contributed by atoms with Crippen molar-refractivity contribution < 1.29 is 30.7 Å². The van der Waals surface area contributed by atoms with E-state index in [0.29, 0.717) is 12.6 Å². The van der Waals surface area contributed by atoms with Gasteiger partial charge >= 0.3 is 12.4 Å². The van der Waals surface area contributed by atoms with Crippen molar-refractivity contribution in [2.24, 2.45) is 0 Å². The molecule has 0 aliphatic rings. The number of aryl methyl sites for hydroxylation is 1. The Morgan fingerprint density at radius 3 is 2.45 bits per heavy atom. The van der Waals surface area contributed by atoms with Gasteiger partial charge < -0.3 is 11.1 Å². The maximum absolute atomic E-state index is 14.9. The Morgan fingerprint density at radius 2 is 1.80 bits per heavy atom. The van der Waals surface area contributed by atoms with Gasteiger partial charge in [0.05, 0.1) is 41.0 Å². The first-order valence-electron chi connectivity index (χ1n) is 11.5. The van der Waals surface area contributed by atoms with Gasteiger partial charge in [-0.3, -0.25) is 14.2 Å². The lowest BCUT2D eigenvalue weighted by molar-refractivity contribution is -0.140. The number of hydrogen-bond acceptors (Lipinski definition) is 8. The molecule has 0 saturated carbocycles. The summed E-state index contributed by atoms with van der Waals surface area (Å²) in [5.74, 6) is -1.91. The fourth-order valence-corrected chi connectivity index (χ4v) is 3.98. The quantitative estimate of drug-likeness (QED) is 0.282. The van der Waals surface area contributed by atoms with Crippen LogP contribution < -0.4 is 22.2 Å². The van der Waals surface area contributed by atoms with Crippen LogP contribution >= 0.6 is 0 Å². The van der Waals surface area contributed by atoms with E-state index >= 15 is 0 Å². The molecular formula is C23H19F7N8O2. The average Bonchev–Trinajstić information content (AvgIpc) is 2.84. The number of benzene rings is 1. The molecule has 0 radical (unpaired) electrons. The Bertz CT molecular complexity index is 1680. The minimum absolute atomic E-state index is 0.0365. The van der Waals surface area contributed by atoms with Crippen LogP contribution in [0.25, 0.3) is 22.2 Å². The third-order valence-corrected chi connectivity index (χ3v) is 5.83. The largest absolute Gasteiger partial charge is 0.437 e. The number of alkyl halides is 6. The summed E-state index contributed by atoms with van der Waals surface area (Å²) >= 11 is 0. The fourth-order valence-electron chi connectivity index (χ4n) is 3.98. The Morgan fingerprint density at radius 1 is 1.07 bits per heavy atom. The third kappa shape index (κ3) is 5.86. The zero-order chi connectivity index (χ0) is 29.4. The van der Waals surface area contributed by atoms with E-state index in [1.54, 1.807) is 12.0 Å². The molecule has 3 heterocycles. The monoisotopic (exact) mass is 572 g/mol. The van der Waals surface area contributed by atoms with Crippen molar-refractivity contribution in [3.8, 4) is 11.3 Å². The zero-order valence-corrected chi connectivity index (χ0v) is 20.4. The van der Waals surface area contributed by atoms with Crippen molar-refractivity contribution in [2.75, 3.05) is 11.1 Å². The predicted molar refractivity (Wildman–Crippen MR) is 129 cm³/mol. The molecule has 1 aromatic carbocycles. The minimum atomic E-state index is -4.90. The Hall–Kier alpha value is -4.57. The molecule has 212 valence electrons. The highest BCUT2D eigenvalue weighted by molar-refractivity contribution is 5.83. The molecule has 17 heteroatoms. The zero-order valence-electron chi connectivity index (χ0n) is 20.4. The summed E-state index contributed by atoms with van der Waals surface area (Å²) in [6, 6.07) is 1.45. The smallest absolute Gasteiger partial charge is 0.382 e. The van der Waals surface area contributed by atoms with Gasteiger partial charge in [0, 0.05) is 18.2 Å². The van der Waals surface area contributed by atoms with Gasteiger partial charge in [0.1, 0.15) is 11.4 Å². The van der Waals surface area contributed by atoms with E-state index in [-0.39, 0.29) is 35.1 Å². The van der Waals surface area contributed by atoms with Crippen molar-refractivity contribution in [1.29, 1.82) is 0 Å². The summed E-state index contributed by atoms with van der Waals surface area (Å²) in [4.78, 5) is 35.4. The van der Waals surface area contributed by atoms with Gasteiger partial charge in [-0.1, -0.05) is 0 Å².